The van der Waals surface area contributed by atoms with Crippen LogP contribution in [0.5, 0.6) is 0 Å². The van der Waals surface area contributed by atoms with E-state index in [0.29, 0.717) is 36.1 Å². The Bertz CT molecular complexity index is 1100. The maximum Gasteiger partial charge on any atom is 0.413 e. The predicted molar refractivity (Wildman–Crippen MR) is 125 cm³/mol. The van der Waals surface area contributed by atoms with E-state index < -0.39 is 11.7 Å². The Labute approximate surface area is 198 Å². The van der Waals surface area contributed by atoms with Gasteiger partial charge in [-0.05, 0) is 49.2 Å². The van der Waals surface area contributed by atoms with Crippen molar-refractivity contribution in [1.29, 1.82) is 0 Å². The number of hydrogen-bond donors (Lipinski definition) is 1. The first-order valence-electron chi connectivity index (χ1n) is 10.8. The Kier molecular flexibility index (Phi) is 8.63. The second-order valence-electron chi connectivity index (χ2n) is 8.09. The number of hydrogen-bond acceptors (Lipinski definition) is 9. The minimum Gasteiger partial charge on any atom is -0.443 e. The minimum atomic E-state index is -0.624. The fourth-order valence-electron chi connectivity index (χ4n) is 3.12. The topological polar surface area (TPSA) is 126 Å². The molecule has 0 aliphatic rings. The summed E-state index contributed by atoms with van der Waals surface area (Å²) in [6.45, 7) is 4.40. The quantitative estimate of drug-likeness (QED) is 0.259. The van der Waals surface area contributed by atoms with Crippen LogP contribution in [0.15, 0.2) is 53.7 Å². The maximum atomic E-state index is 12.3. The van der Waals surface area contributed by atoms with Crippen LogP contribution in [-0.4, -0.2) is 56.3 Å². The Morgan fingerprint density at radius 2 is 1.94 bits per heavy atom. The molecule has 0 aliphatic carbocycles. The van der Waals surface area contributed by atoms with E-state index in [1.165, 1.54) is 4.68 Å². The molecule has 0 atom stereocenters. The molecule has 1 amide bonds. The van der Waals surface area contributed by atoms with E-state index in [-0.39, 0.29) is 6.61 Å². The van der Waals surface area contributed by atoms with Gasteiger partial charge in [0, 0.05) is 26.3 Å². The van der Waals surface area contributed by atoms with Crippen molar-refractivity contribution in [1.82, 2.24) is 25.2 Å². The number of tetrazole rings is 1. The lowest BCUT2D eigenvalue weighted by molar-refractivity contribution is 0.0349. The first kappa shape index (κ1) is 24.8. The monoisotopic (exact) mass is 467 g/mol. The number of methoxy groups -OCH3 is 1. The van der Waals surface area contributed by atoms with Crippen molar-refractivity contribution >= 4 is 17.6 Å². The zero-order valence-electron chi connectivity index (χ0n) is 19.8. The largest absolute Gasteiger partial charge is 0.443 e. The predicted octanol–water partition coefficient (Wildman–Crippen LogP) is 3.33. The van der Waals surface area contributed by atoms with Gasteiger partial charge in [-0.25, -0.2) is 14.5 Å². The third-order valence-corrected chi connectivity index (χ3v) is 4.78. The van der Waals surface area contributed by atoms with E-state index >= 15 is 0 Å². The molecule has 0 aliphatic heterocycles. The van der Waals surface area contributed by atoms with Crippen LogP contribution in [0.1, 0.15) is 43.8 Å². The molecule has 2 heterocycles. The number of benzene rings is 1. The van der Waals surface area contributed by atoms with Crippen molar-refractivity contribution in [3.05, 3.63) is 65.6 Å². The molecule has 0 fully saturated rings. The SMILES string of the molecule is COCCCC(C)(C)OC(=O)Nc1cccc(CON=C(c2ccccc2)c2nnnn2C)n1. The lowest BCUT2D eigenvalue weighted by atomic mass is 10.0. The van der Waals surface area contributed by atoms with E-state index in [1.807, 2.05) is 44.2 Å². The van der Waals surface area contributed by atoms with Gasteiger partial charge in [0.15, 0.2) is 12.3 Å². The van der Waals surface area contributed by atoms with Crippen molar-refractivity contribution in [2.45, 2.75) is 38.9 Å². The van der Waals surface area contributed by atoms with Gasteiger partial charge in [-0.1, -0.05) is 41.6 Å². The number of nitrogens with zero attached hydrogens (tertiary/aromatic N) is 6. The number of ether oxygens (including phenoxy) is 2. The number of pyridine rings is 1. The maximum absolute atomic E-state index is 12.3. The number of anilines is 1. The molecular formula is C23H29N7O4. The average molecular weight is 468 g/mol. The van der Waals surface area contributed by atoms with Crippen LogP contribution >= 0.6 is 0 Å². The van der Waals surface area contributed by atoms with Crippen LogP contribution in [0.2, 0.25) is 0 Å². The van der Waals surface area contributed by atoms with E-state index in [0.717, 1.165) is 12.0 Å². The Balaban J connectivity index is 1.63. The van der Waals surface area contributed by atoms with Gasteiger partial charge in [-0.15, -0.1) is 5.10 Å². The second-order valence-corrected chi connectivity index (χ2v) is 8.09. The summed E-state index contributed by atoms with van der Waals surface area (Å²) < 4.78 is 12.1. The highest BCUT2D eigenvalue weighted by Gasteiger charge is 2.23. The highest BCUT2D eigenvalue weighted by molar-refractivity contribution is 6.10. The lowest BCUT2D eigenvalue weighted by Crippen LogP contribution is -2.31. The van der Waals surface area contributed by atoms with Crippen molar-refractivity contribution in [2.75, 3.05) is 19.0 Å². The molecule has 0 bridgehead atoms. The molecule has 0 spiro atoms. The summed E-state index contributed by atoms with van der Waals surface area (Å²) in [4.78, 5) is 22.3. The Hall–Kier alpha value is -3.86. The third kappa shape index (κ3) is 7.34. The Morgan fingerprint density at radius 1 is 1.15 bits per heavy atom. The van der Waals surface area contributed by atoms with Gasteiger partial charge in [-0.3, -0.25) is 5.32 Å². The molecule has 3 aromatic rings. The standard InChI is InChI=1S/C23H29N7O4/c1-23(2,14-9-15-32-4)34-22(31)25-19-13-8-12-18(24-19)16-33-27-20(17-10-6-5-7-11-17)21-26-28-29-30(21)3/h5-8,10-13H,9,14-16H2,1-4H3,(H,24,25,31). The summed E-state index contributed by atoms with van der Waals surface area (Å²) in [6.07, 6.45) is 0.892. The van der Waals surface area contributed by atoms with Gasteiger partial charge in [0.1, 0.15) is 11.4 Å². The number of nitrogens with one attached hydrogen (secondary N) is 1. The first-order chi connectivity index (χ1) is 16.4. The van der Waals surface area contributed by atoms with Crippen LogP contribution < -0.4 is 5.32 Å². The van der Waals surface area contributed by atoms with Crippen LogP contribution in [0, 0.1) is 0 Å². The zero-order valence-corrected chi connectivity index (χ0v) is 19.8. The van der Waals surface area contributed by atoms with Crippen molar-refractivity contribution in [3.8, 4) is 0 Å². The van der Waals surface area contributed by atoms with E-state index in [1.54, 1.807) is 32.4 Å². The van der Waals surface area contributed by atoms with Crippen LogP contribution in [-0.2, 0) is 28.0 Å². The van der Waals surface area contributed by atoms with Gasteiger partial charge < -0.3 is 14.3 Å². The highest BCUT2D eigenvalue weighted by Crippen LogP contribution is 2.18. The summed E-state index contributed by atoms with van der Waals surface area (Å²) in [5, 5.41) is 18.5. The van der Waals surface area contributed by atoms with Crippen molar-refractivity contribution in [3.63, 3.8) is 0 Å². The molecule has 1 N–H and O–H groups in total. The molecular weight excluding hydrogens is 438 g/mol. The molecule has 0 saturated carbocycles. The molecule has 0 saturated heterocycles. The minimum absolute atomic E-state index is 0.0781. The molecule has 2 aromatic heterocycles. The van der Waals surface area contributed by atoms with E-state index in [9.17, 15) is 4.79 Å². The number of rotatable bonds is 11. The van der Waals surface area contributed by atoms with Crippen LogP contribution in [0.3, 0.4) is 0 Å². The smallest absolute Gasteiger partial charge is 0.413 e. The normalized spacial score (nSPS) is 11.8. The fraction of sp³-hybridized carbons (Fsp3) is 0.391. The molecule has 1 aromatic carbocycles. The molecule has 11 heteroatoms. The number of carbonyl (C=O) groups excluding carboxylic acids is 1. The number of oxime groups is 1. The molecule has 34 heavy (non-hydrogen) atoms. The third-order valence-electron chi connectivity index (χ3n) is 4.78. The summed E-state index contributed by atoms with van der Waals surface area (Å²) in [6, 6.07) is 14.7. The van der Waals surface area contributed by atoms with Gasteiger partial charge in [0.05, 0.1) is 5.69 Å². The summed E-state index contributed by atoms with van der Waals surface area (Å²) >= 11 is 0. The van der Waals surface area contributed by atoms with Gasteiger partial charge in [-0.2, -0.15) is 0 Å². The number of aromatic nitrogens is 5. The van der Waals surface area contributed by atoms with Gasteiger partial charge in [0.25, 0.3) is 0 Å². The molecule has 0 radical (unpaired) electrons. The van der Waals surface area contributed by atoms with Crippen LogP contribution in [0.4, 0.5) is 10.6 Å². The van der Waals surface area contributed by atoms with Crippen molar-refractivity contribution < 1.29 is 19.1 Å². The summed E-state index contributed by atoms with van der Waals surface area (Å²) in [5.74, 6) is 0.814. The zero-order chi connectivity index (χ0) is 24.4. The lowest BCUT2D eigenvalue weighted by Gasteiger charge is -2.25. The first-order valence-corrected chi connectivity index (χ1v) is 10.8. The molecule has 11 nitrogen and oxygen atoms in total. The van der Waals surface area contributed by atoms with Gasteiger partial charge in [0.2, 0.25) is 5.82 Å². The molecule has 0 unspecified atom stereocenters. The molecule has 3 rings (SSSR count). The fourth-order valence-corrected chi connectivity index (χ4v) is 3.12. The summed E-state index contributed by atoms with van der Waals surface area (Å²) in [7, 11) is 3.37. The number of amides is 1. The van der Waals surface area contributed by atoms with Gasteiger partial charge >= 0.3 is 6.09 Å². The Morgan fingerprint density at radius 3 is 2.65 bits per heavy atom. The van der Waals surface area contributed by atoms with E-state index in [2.05, 4.69) is 31.0 Å². The molecule has 180 valence electrons. The summed E-state index contributed by atoms with van der Waals surface area (Å²) in [5.41, 5.74) is 1.24. The van der Waals surface area contributed by atoms with Crippen LogP contribution in [0.25, 0.3) is 0 Å². The highest BCUT2D eigenvalue weighted by atomic mass is 16.6. The average Bonchev–Trinajstić information content (AvgIpc) is 3.22. The second kappa shape index (κ2) is 11.8. The number of carbonyl (C=O) groups is 1. The van der Waals surface area contributed by atoms with Crippen molar-refractivity contribution in [2.24, 2.45) is 12.2 Å². The number of aryl methyl sites for hydroxylation is 1. The van der Waals surface area contributed by atoms with E-state index in [4.69, 9.17) is 14.3 Å².